The molecule has 0 aliphatic heterocycles. The Bertz CT molecular complexity index is 1290. The van der Waals surface area contributed by atoms with Gasteiger partial charge >= 0.3 is 0 Å². The van der Waals surface area contributed by atoms with Crippen LogP contribution in [0, 0.1) is 6.92 Å². The summed E-state index contributed by atoms with van der Waals surface area (Å²) >= 11 is 1.75. The first-order valence-electron chi connectivity index (χ1n) is 12.1. The van der Waals surface area contributed by atoms with Crippen LogP contribution in [0.2, 0.25) is 0 Å². The molecule has 2 atom stereocenters. The minimum absolute atomic E-state index is 0.0227. The fourth-order valence-corrected chi connectivity index (χ4v) is 5.24. The second-order valence-electron chi connectivity index (χ2n) is 9.76. The van der Waals surface area contributed by atoms with Crippen LogP contribution in [-0.4, -0.2) is 25.2 Å². The molecule has 8 heteroatoms. The van der Waals surface area contributed by atoms with Crippen molar-refractivity contribution in [3.05, 3.63) is 74.0 Å². The summed E-state index contributed by atoms with van der Waals surface area (Å²) < 4.78 is 2.00. The van der Waals surface area contributed by atoms with E-state index in [1.807, 2.05) is 23.7 Å². The van der Waals surface area contributed by atoms with Gasteiger partial charge in [0.15, 0.2) is 6.04 Å². The lowest BCUT2D eigenvalue weighted by molar-refractivity contribution is -0.959. The number of pyridine rings is 1. The molecule has 0 fully saturated rings. The third-order valence-corrected chi connectivity index (χ3v) is 7.67. The van der Waals surface area contributed by atoms with Gasteiger partial charge in [0.2, 0.25) is 5.82 Å². The normalized spacial score (nSPS) is 13.9. The van der Waals surface area contributed by atoms with E-state index in [0.29, 0.717) is 6.54 Å². The molecule has 0 saturated carbocycles. The fraction of sp³-hybridized carbons (Fsp3) is 0.462. The number of tetrazole rings is 1. The smallest absolute Gasteiger partial charge is 0.257 e. The van der Waals surface area contributed by atoms with Crippen molar-refractivity contribution in [2.75, 3.05) is 0 Å². The zero-order chi connectivity index (χ0) is 24.3. The molecule has 34 heavy (non-hydrogen) atoms. The Kier molecular flexibility index (Phi) is 7.28. The minimum atomic E-state index is -0.183. The quantitative estimate of drug-likeness (QED) is 0.358. The van der Waals surface area contributed by atoms with E-state index >= 15 is 0 Å². The number of benzene rings is 1. The second-order valence-corrected chi connectivity index (χ2v) is 10.8. The lowest BCUT2D eigenvalue weighted by Crippen LogP contribution is -3.10. The summed E-state index contributed by atoms with van der Waals surface area (Å²) in [6, 6.07) is 12.6. The summed E-state index contributed by atoms with van der Waals surface area (Å²) in [5.41, 5.74) is 2.60. The topological polar surface area (TPSA) is 80.9 Å². The van der Waals surface area contributed by atoms with Crippen molar-refractivity contribution in [1.29, 1.82) is 0 Å². The number of thiophene rings is 1. The van der Waals surface area contributed by atoms with E-state index in [1.54, 1.807) is 11.3 Å². The van der Waals surface area contributed by atoms with Gasteiger partial charge in [-0.05, 0) is 72.1 Å². The summed E-state index contributed by atoms with van der Waals surface area (Å²) in [7, 11) is 0. The van der Waals surface area contributed by atoms with Crippen molar-refractivity contribution < 1.29 is 4.90 Å². The lowest BCUT2D eigenvalue weighted by Gasteiger charge is -2.31. The predicted molar refractivity (Wildman–Crippen MR) is 137 cm³/mol. The number of nitrogens with zero attached hydrogens (tertiary/aromatic N) is 4. The maximum Gasteiger partial charge on any atom is 0.257 e. The molecule has 0 amide bonds. The Morgan fingerprint density at radius 2 is 2.00 bits per heavy atom. The van der Waals surface area contributed by atoms with Crippen molar-refractivity contribution in [3.8, 4) is 0 Å². The lowest BCUT2D eigenvalue weighted by atomic mass is 10.0. The molecule has 7 nitrogen and oxygen atoms in total. The summed E-state index contributed by atoms with van der Waals surface area (Å²) in [5.74, 6) is 0.896. The molecule has 0 radical (unpaired) electrons. The molecule has 3 aromatic heterocycles. The SMILES string of the molecule is CCCC(c1nnnn1C(C)(C)CC)[NH+](Cc1cccs1)Cc1cc2ccc(C)cc2[nH]c1=O. The summed E-state index contributed by atoms with van der Waals surface area (Å²) in [4.78, 5) is 18.8. The molecule has 0 saturated heterocycles. The molecule has 0 aliphatic rings. The van der Waals surface area contributed by atoms with Crippen molar-refractivity contribution in [2.24, 2.45) is 0 Å². The Morgan fingerprint density at radius 1 is 1.18 bits per heavy atom. The second kappa shape index (κ2) is 10.2. The standard InChI is InChI=1S/C26H34N6OS/c1-6-9-23(24-28-29-30-32(24)26(4,5)7-2)31(17-21-10-8-13-34-21)16-20-15-19-12-11-18(3)14-22(19)27-25(20)33/h8,10-15,23H,6-7,9,16-17H2,1-5H3,(H,27,33)/p+1. The predicted octanol–water partition coefficient (Wildman–Crippen LogP) is 4.16. The van der Waals surface area contributed by atoms with Crippen LogP contribution < -0.4 is 10.5 Å². The summed E-state index contributed by atoms with van der Waals surface area (Å²) in [5, 5.41) is 16.2. The third-order valence-electron chi connectivity index (χ3n) is 6.79. The van der Waals surface area contributed by atoms with Gasteiger partial charge in [-0.2, -0.15) is 0 Å². The Morgan fingerprint density at radius 3 is 2.71 bits per heavy atom. The number of aryl methyl sites for hydroxylation is 1. The van der Waals surface area contributed by atoms with Crippen molar-refractivity contribution in [1.82, 2.24) is 25.2 Å². The minimum Gasteiger partial charge on any atom is -0.322 e. The highest BCUT2D eigenvalue weighted by atomic mass is 32.1. The number of H-pyrrole nitrogens is 1. The van der Waals surface area contributed by atoms with Crippen LogP contribution in [0.15, 0.2) is 46.6 Å². The van der Waals surface area contributed by atoms with Crippen LogP contribution in [0.25, 0.3) is 10.9 Å². The van der Waals surface area contributed by atoms with Crippen LogP contribution in [0.5, 0.6) is 0 Å². The van der Waals surface area contributed by atoms with E-state index in [1.165, 1.54) is 9.78 Å². The number of fused-ring (bicyclic) bond motifs is 1. The monoisotopic (exact) mass is 479 g/mol. The van der Waals surface area contributed by atoms with Crippen LogP contribution in [0.1, 0.15) is 74.8 Å². The fourth-order valence-electron chi connectivity index (χ4n) is 4.48. The number of hydrogen-bond donors (Lipinski definition) is 2. The number of quaternary nitrogens is 1. The number of aromatic amines is 1. The summed E-state index contributed by atoms with van der Waals surface area (Å²) in [6.07, 6.45) is 2.87. The zero-order valence-corrected chi connectivity index (χ0v) is 21.6. The van der Waals surface area contributed by atoms with Gasteiger partial charge in [-0.3, -0.25) is 4.79 Å². The van der Waals surface area contributed by atoms with Gasteiger partial charge in [-0.1, -0.05) is 38.5 Å². The first-order chi connectivity index (χ1) is 16.3. The van der Waals surface area contributed by atoms with Gasteiger partial charge in [0.1, 0.15) is 13.1 Å². The molecule has 0 aliphatic carbocycles. The van der Waals surface area contributed by atoms with Gasteiger partial charge in [0.25, 0.3) is 5.56 Å². The van der Waals surface area contributed by atoms with Crippen LogP contribution >= 0.6 is 11.3 Å². The van der Waals surface area contributed by atoms with Crippen LogP contribution in [0.3, 0.4) is 0 Å². The molecule has 2 N–H and O–H groups in total. The van der Waals surface area contributed by atoms with Gasteiger partial charge in [0.05, 0.1) is 16.0 Å². The number of hydrogen-bond acceptors (Lipinski definition) is 5. The average molecular weight is 480 g/mol. The first-order valence-corrected chi connectivity index (χ1v) is 13.0. The Balaban J connectivity index is 1.77. The molecule has 0 spiro atoms. The highest BCUT2D eigenvalue weighted by molar-refractivity contribution is 7.09. The molecule has 2 unspecified atom stereocenters. The van der Waals surface area contributed by atoms with Crippen LogP contribution in [0.4, 0.5) is 0 Å². The highest BCUT2D eigenvalue weighted by Gasteiger charge is 2.34. The number of rotatable bonds is 10. The molecule has 3 heterocycles. The van der Waals surface area contributed by atoms with Gasteiger partial charge < -0.3 is 9.88 Å². The van der Waals surface area contributed by atoms with E-state index in [4.69, 9.17) is 0 Å². The molecular weight excluding hydrogens is 444 g/mol. The van der Waals surface area contributed by atoms with Gasteiger partial charge in [-0.25, -0.2) is 4.68 Å². The largest absolute Gasteiger partial charge is 0.322 e. The zero-order valence-electron chi connectivity index (χ0n) is 20.8. The van der Waals surface area contributed by atoms with Gasteiger partial charge in [0, 0.05) is 11.9 Å². The maximum absolute atomic E-state index is 13.1. The highest BCUT2D eigenvalue weighted by Crippen LogP contribution is 2.24. The van der Waals surface area contributed by atoms with Gasteiger partial charge in [-0.15, -0.1) is 16.4 Å². The van der Waals surface area contributed by atoms with Crippen molar-refractivity contribution in [2.45, 2.75) is 78.6 Å². The molecule has 4 rings (SSSR count). The Hall–Kier alpha value is -2.84. The maximum atomic E-state index is 13.1. The molecular formula is C26H35N6OS+. The van der Waals surface area contributed by atoms with E-state index < -0.39 is 0 Å². The van der Waals surface area contributed by atoms with Crippen LogP contribution in [-0.2, 0) is 18.6 Å². The number of nitrogens with one attached hydrogen (secondary N) is 2. The van der Waals surface area contributed by atoms with E-state index in [9.17, 15) is 4.79 Å². The summed E-state index contributed by atoms with van der Waals surface area (Å²) in [6.45, 7) is 12.1. The van der Waals surface area contributed by atoms with E-state index in [-0.39, 0.29) is 17.1 Å². The first kappa shape index (κ1) is 24.3. The molecule has 1 aromatic carbocycles. The molecule has 0 bridgehead atoms. The van der Waals surface area contributed by atoms with E-state index in [0.717, 1.165) is 53.7 Å². The molecule has 4 aromatic rings. The van der Waals surface area contributed by atoms with Crippen molar-refractivity contribution >= 4 is 22.2 Å². The van der Waals surface area contributed by atoms with Crippen molar-refractivity contribution in [3.63, 3.8) is 0 Å². The average Bonchev–Trinajstić information content (AvgIpc) is 3.50. The molecule has 180 valence electrons. The third kappa shape index (κ3) is 5.13. The number of aromatic nitrogens is 5. The Labute approximate surface area is 204 Å². The van der Waals surface area contributed by atoms with E-state index in [2.05, 4.69) is 77.8 Å².